The molecule has 2 nitrogen and oxygen atoms in total. The summed E-state index contributed by atoms with van der Waals surface area (Å²) in [5.74, 6) is -0.154. The third-order valence-corrected chi connectivity index (χ3v) is 3.20. The molecular weight excluding hydrogens is 323 g/mol. The minimum absolute atomic E-state index is 0.0404. The van der Waals surface area contributed by atoms with E-state index < -0.39 is 17.6 Å². The number of halogens is 4. The van der Waals surface area contributed by atoms with Gasteiger partial charge in [-0.05, 0) is 24.1 Å². The van der Waals surface area contributed by atoms with E-state index in [0.29, 0.717) is 6.54 Å². The molecule has 6 heteroatoms. The fraction of sp³-hybridized carbons (Fsp3) is 0.462. The lowest BCUT2D eigenvalue weighted by molar-refractivity contribution is -0.138. The Hall–Kier alpha value is -1.04. The zero-order valence-electron chi connectivity index (χ0n) is 10.9. The lowest BCUT2D eigenvalue weighted by Gasteiger charge is -2.20. The summed E-state index contributed by atoms with van der Waals surface area (Å²) in [7, 11) is 1.58. The van der Waals surface area contributed by atoms with Gasteiger partial charge in [0, 0.05) is 23.6 Å². The first-order chi connectivity index (χ1) is 8.62. The van der Waals surface area contributed by atoms with Crippen LogP contribution in [0.25, 0.3) is 0 Å². The molecule has 1 aromatic carbocycles. The summed E-state index contributed by atoms with van der Waals surface area (Å²) in [6.07, 6.45) is -4.48. The lowest BCUT2D eigenvalue weighted by Crippen LogP contribution is -2.30. The van der Waals surface area contributed by atoms with Crippen LogP contribution in [0.4, 0.5) is 13.2 Å². The Morgan fingerprint density at radius 2 is 1.95 bits per heavy atom. The predicted molar refractivity (Wildman–Crippen MR) is 70.9 cm³/mol. The van der Waals surface area contributed by atoms with Crippen LogP contribution in [-0.2, 0) is 6.18 Å². The average Bonchev–Trinajstić information content (AvgIpc) is 2.26. The van der Waals surface area contributed by atoms with E-state index in [9.17, 15) is 18.0 Å². The van der Waals surface area contributed by atoms with Gasteiger partial charge in [-0.3, -0.25) is 4.79 Å². The van der Waals surface area contributed by atoms with Crippen LogP contribution in [0.1, 0.15) is 29.8 Å². The van der Waals surface area contributed by atoms with Gasteiger partial charge in [-0.25, -0.2) is 0 Å². The molecule has 1 rings (SSSR count). The molecule has 0 spiro atoms. The number of amides is 1. The summed E-state index contributed by atoms with van der Waals surface area (Å²) in [5, 5.41) is 0. The summed E-state index contributed by atoms with van der Waals surface area (Å²) in [6.45, 7) is 4.37. The standard InChI is InChI=1S/C13H15BrF3NO/c1-8(2)7-18(3)12(19)9-4-5-11(14)10(6-9)13(15,16)17/h4-6,8H,7H2,1-3H3. The second kappa shape index (κ2) is 5.94. The number of benzene rings is 1. The molecular formula is C13H15BrF3NO. The molecule has 0 saturated heterocycles. The zero-order valence-corrected chi connectivity index (χ0v) is 12.5. The molecule has 0 saturated carbocycles. The van der Waals surface area contributed by atoms with Crippen LogP contribution in [0, 0.1) is 5.92 Å². The highest BCUT2D eigenvalue weighted by atomic mass is 79.9. The van der Waals surface area contributed by atoms with Crippen molar-refractivity contribution in [2.45, 2.75) is 20.0 Å². The molecule has 0 atom stereocenters. The second-order valence-corrected chi connectivity index (χ2v) is 5.63. The van der Waals surface area contributed by atoms with Gasteiger partial charge in [0.25, 0.3) is 5.91 Å². The SMILES string of the molecule is CC(C)CN(C)C(=O)c1ccc(Br)c(C(F)(F)F)c1. The van der Waals surface area contributed by atoms with Crippen molar-refractivity contribution in [1.29, 1.82) is 0 Å². The number of carbonyl (C=O) groups excluding carboxylic acids is 1. The van der Waals surface area contributed by atoms with Crippen LogP contribution in [0.3, 0.4) is 0 Å². The van der Waals surface area contributed by atoms with Gasteiger partial charge in [-0.15, -0.1) is 0 Å². The third kappa shape index (κ3) is 4.23. The first kappa shape index (κ1) is 16.0. The van der Waals surface area contributed by atoms with E-state index in [1.54, 1.807) is 7.05 Å². The molecule has 0 aliphatic carbocycles. The maximum atomic E-state index is 12.7. The molecule has 19 heavy (non-hydrogen) atoms. The van der Waals surface area contributed by atoms with Crippen molar-refractivity contribution in [3.63, 3.8) is 0 Å². The van der Waals surface area contributed by atoms with Gasteiger partial charge in [0.2, 0.25) is 0 Å². The van der Waals surface area contributed by atoms with Crippen molar-refractivity contribution in [3.05, 3.63) is 33.8 Å². The Balaban J connectivity index is 3.06. The average molecular weight is 338 g/mol. The maximum Gasteiger partial charge on any atom is 0.417 e. The summed E-state index contributed by atoms with van der Waals surface area (Å²) in [4.78, 5) is 13.4. The fourth-order valence-electron chi connectivity index (χ4n) is 1.73. The Bertz CT molecular complexity index is 471. The van der Waals surface area contributed by atoms with Crippen LogP contribution < -0.4 is 0 Å². The van der Waals surface area contributed by atoms with Crippen molar-refractivity contribution in [2.75, 3.05) is 13.6 Å². The van der Waals surface area contributed by atoms with Gasteiger partial charge in [0.15, 0.2) is 0 Å². The minimum atomic E-state index is -4.48. The van der Waals surface area contributed by atoms with E-state index in [4.69, 9.17) is 0 Å². The lowest BCUT2D eigenvalue weighted by atomic mass is 10.1. The molecule has 1 amide bonds. The largest absolute Gasteiger partial charge is 0.417 e. The first-order valence-electron chi connectivity index (χ1n) is 5.75. The van der Waals surface area contributed by atoms with E-state index in [1.807, 2.05) is 13.8 Å². The highest BCUT2D eigenvalue weighted by molar-refractivity contribution is 9.10. The molecule has 0 N–H and O–H groups in total. The Morgan fingerprint density at radius 1 is 1.37 bits per heavy atom. The monoisotopic (exact) mass is 337 g/mol. The number of hydrogen-bond donors (Lipinski definition) is 0. The summed E-state index contributed by atoms with van der Waals surface area (Å²) in [6, 6.07) is 3.51. The summed E-state index contributed by atoms with van der Waals surface area (Å²) in [5.41, 5.74) is -0.796. The zero-order chi connectivity index (χ0) is 14.8. The van der Waals surface area contributed by atoms with Gasteiger partial charge in [-0.1, -0.05) is 29.8 Å². The van der Waals surface area contributed by atoms with E-state index in [1.165, 1.54) is 17.0 Å². The van der Waals surface area contributed by atoms with Crippen molar-refractivity contribution < 1.29 is 18.0 Å². The van der Waals surface area contributed by atoms with Gasteiger partial charge < -0.3 is 4.90 Å². The smallest absolute Gasteiger partial charge is 0.341 e. The highest BCUT2D eigenvalue weighted by Gasteiger charge is 2.33. The van der Waals surface area contributed by atoms with Crippen molar-refractivity contribution in [2.24, 2.45) is 5.92 Å². The summed E-state index contributed by atoms with van der Waals surface area (Å²) >= 11 is 2.85. The molecule has 0 fully saturated rings. The highest BCUT2D eigenvalue weighted by Crippen LogP contribution is 2.35. The van der Waals surface area contributed by atoms with Crippen molar-refractivity contribution in [3.8, 4) is 0 Å². The van der Waals surface area contributed by atoms with Crippen LogP contribution in [0.2, 0.25) is 0 Å². The van der Waals surface area contributed by atoms with Gasteiger partial charge in [0.05, 0.1) is 5.56 Å². The molecule has 0 aliphatic rings. The van der Waals surface area contributed by atoms with Crippen LogP contribution in [0.5, 0.6) is 0 Å². The number of alkyl halides is 3. The molecule has 0 unspecified atom stereocenters. The minimum Gasteiger partial charge on any atom is -0.341 e. The molecule has 0 radical (unpaired) electrons. The van der Waals surface area contributed by atoms with Crippen LogP contribution >= 0.6 is 15.9 Å². The van der Waals surface area contributed by atoms with Crippen molar-refractivity contribution >= 4 is 21.8 Å². The summed E-state index contributed by atoms with van der Waals surface area (Å²) < 4.78 is 38.2. The third-order valence-electron chi connectivity index (χ3n) is 2.50. The Morgan fingerprint density at radius 3 is 2.42 bits per heavy atom. The quantitative estimate of drug-likeness (QED) is 0.809. The molecule has 0 aromatic heterocycles. The molecule has 0 aliphatic heterocycles. The van der Waals surface area contributed by atoms with Gasteiger partial charge >= 0.3 is 6.18 Å². The number of nitrogens with zero attached hydrogens (tertiary/aromatic N) is 1. The Labute approximate surface area is 118 Å². The Kier molecular flexibility index (Phi) is 5.01. The van der Waals surface area contributed by atoms with Gasteiger partial charge in [-0.2, -0.15) is 13.2 Å². The number of carbonyl (C=O) groups is 1. The van der Waals surface area contributed by atoms with E-state index in [-0.39, 0.29) is 16.0 Å². The number of hydrogen-bond acceptors (Lipinski definition) is 1. The van der Waals surface area contributed by atoms with Crippen LogP contribution in [-0.4, -0.2) is 24.4 Å². The molecule has 106 valence electrons. The molecule has 0 heterocycles. The van der Waals surface area contributed by atoms with E-state index >= 15 is 0 Å². The second-order valence-electron chi connectivity index (χ2n) is 4.77. The topological polar surface area (TPSA) is 20.3 Å². The maximum absolute atomic E-state index is 12.7. The van der Waals surface area contributed by atoms with Gasteiger partial charge in [0.1, 0.15) is 0 Å². The normalized spacial score (nSPS) is 11.8. The first-order valence-corrected chi connectivity index (χ1v) is 6.54. The fourth-order valence-corrected chi connectivity index (χ4v) is 2.20. The van der Waals surface area contributed by atoms with E-state index in [0.717, 1.165) is 6.07 Å². The molecule has 0 bridgehead atoms. The number of rotatable bonds is 3. The predicted octanol–water partition coefficient (Wildman–Crippen LogP) is 4.20. The van der Waals surface area contributed by atoms with Crippen LogP contribution in [0.15, 0.2) is 22.7 Å². The van der Waals surface area contributed by atoms with Crippen molar-refractivity contribution in [1.82, 2.24) is 4.90 Å². The van der Waals surface area contributed by atoms with E-state index in [2.05, 4.69) is 15.9 Å². The molecule has 1 aromatic rings.